The topological polar surface area (TPSA) is 81.0 Å². The Kier molecular flexibility index (Phi) is 3.78. The van der Waals surface area contributed by atoms with Crippen molar-refractivity contribution in [1.29, 1.82) is 0 Å². The lowest BCUT2D eigenvalue weighted by atomic mass is 9.75. The SMILES string of the molecule is COc1cc(C(C)(CC(N)=O)c2ccccn2)cc2[nH]ccc12. The number of nitrogens with two attached hydrogens (primary N) is 1. The Morgan fingerprint density at radius 2 is 2.17 bits per heavy atom. The monoisotopic (exact) mass is 309 g/mol. The number of hydrogen-bond donors (Lipinski definition) is 2. The molecule has 3 N–H and O–H groups in total. The van der Waals surface area contributed by atoms with Gasteiger partial charge in [-0.25, -0.2) is 0 Å². The maximum atomic E-state index is 11.7. The molecule has 0 saturated carbocycles. The third-order valence-corrected chi connectivity index (χ3v) is 4.25. The number of rotatable bonds is 5. The predicted octanol–water partition coefficient (Wildman–Crippen LogP) is 2.75. The zero-order valence-electron chi connectivity index (χ0n) is 13.2. The van der Waals surface area contributed by atoms with Crippen molar-refractivity contribution in [2.75, 3.05) is 7.11 Å². The van der Waals surface area contributed by atoms with Crippen molar-refractivity contribution in [1.82, 2.24) is 9.97 Å². The highest BCUT2D eigenvalue weighted by atomic mass is 16.5. The molecule has 118 valence electrons. The smallest absolute Gasteiger partial charge is 0.218 e. The van der Waals surface area contributed by atoms with Crippen LogP contribution < -0.4 is 10.5 Å². The van der Waals surface area contributed by atoms with Crippen molar-refractivity contribution in [2.24, 2.45) is 5.73 Å². The molecule has 0 spiro atoms. The Bertz CT molecular complexity index is 842. The second kappa shape index (κ2) is 5.76. The first kappa shape index (κ1) is 15.1. The number of pyridine rings is 1. The summed E-state index contributed by atoms with van der Waals surface area (Å²) in [4.78, 5) is 19.3. The first-order valence-corrected chi connectivity index (χ1v) is 7.40. The lowest BCUT2D eigenvalue weighted by Crippen LogP contribution is -2.31. The van der Waals surface area contributed by atoms with E-state index in [-0.39, 0.29) is 12.3 Å². The summed E-state index contributed by atoms with van der Waals surface area (Å²) in [6, 6.07) is 11.6. The number of amides is 1. The van der Waals surface area contributed by atoms with Crippen LogP contribution in [0.1, 0.15) is 24.6 Å². The number of primary amides is 1. The minimum Gasteiger partial charge on any atom is -0.496 e. The molecule has 2 aromatic heterocycles. The van der Waals surface area contributed by atoms with Gasteiger partial charge in [0, 0.05) is 35.1 Å². The summed E-state index contributed by atoms with van der Waals surface area (Å²) in [6.07, 6.45) is 3.75. The van der Waals surface area contributed by atoms with Crippen LogP contribution in [0.3, 0.4) is 0 Å². The largest absolute Gasteiger partial charge is 0.496 e. The fourth-order valence-electron chi connectivity index (χ4n) is 3.00. The number of H-pyrrole nitrogens is 1. The number of nitrogens with one attached hydrogen (secondary N) is 1. The molecule has 0 aliphatic rings. The molecule has 0 aliphatic heterocycles. The van der Waals surface area contributed by atoms with Crippen molar-refractivity contribution in [2.45, 2.75) is 18.8 Å². The van der Waals surface area contributed by atoms with Crippen LogP contribution in [0.15, 0.2) is 48.8 Å². The second-order valence-corrected chi connectivity index (χ2v) is 5.81. The lowest BCUT2D eigenvalue weighted by Gasteiger charge is -2.29. The van der Waals surface area contributed by atoms with E-state index in [1.165, 1.54) is 0 Å². The third-order valence-electron chi connectivity index (χ3n) is 4.25. The Balaban J connectivity index is 2.23. The first-order valence-electron chi connectivity index (χ1n) is 7.40. The maximum Gasteiger partial charge on any atom is 0.218 e. The summed E-state index contributed by atoms with van der Waals surface area (Å²) >= 11 is 0. The zero-order chi connectivity index (χ0) is 16.4. The number of hydrogen-bond acceptors (Lipinski definition) is 3. The summed E-state index contributed by atoms with van der Waals surface area (Å²) in [5.74, 6) is 0.383. The maximum absolute atomic E-state index is 11.7. The minimum atomic E-state index is -0.625. The summed E-state index contributed by atoms with van der Waals surface area (Å²) in [5.41, 5.74) is 7.57. The molecular formula is C18H19N3O2. The van der Waals surface area contributed by atoms with Crippen LogP contribution in [-0.2, 0) is 10.2 Å². The molecule has 0 aliphatic carbocycles. The van der Waals surface area contributed by atoms with Gasteiger partial charge in [0.1, 0.15) is 5.75 Å². The number of aromatic amines is 1. The summed E-state index contributed by atoms with van der Waals surface area (Å²) < 4.78 is 5.51. The van der Waals surface area contributed by atoms with E-state index < -0.39 is 5.41 Å². The van der Waals surface area contributed by atoms with Crippen molar-refractivity contribution in [3.05, 3.63) is 60.0 Å². The Morgan fingerprint density at radius 1 is 1.35 bits per heavy atom. The fraction of sp³-hybridized carbons (Fsp3) is 0.222. The molecule has 0 saturated heterocycles. The molecule has 1 atom stereocenters. The fourth-order valence-corrected chi connectivity index (χ4v) is 3.00. The molecule has 3 aromatic rings. The van der Waals surface area contributed by atoms with Gasteiger partial charge in [0.05, 0.1) is 12.8 Å². The molecule has 1 unspecified atom stereocenters. The third kappa shape index (κ3) is 2.65. The highest BCUT2D eigenvalue weighted by Crippen LogP contribution is 2.38. The molecule has 0 fully saturated rings. The molecule has 3 rings (SSSR count). The van der Waals surface area contributed by atoms with Crippen LogP contribution in [0.5, 0.6) is 5.75 Å². The molecule has 0 bridgehead atoms. The molecule has 2 heterocycles. The average molecular weight is 309 g/mol. The molecule has 0 radical (unpaired) electrons. The molecule has 1 aromatic carbocycles. The van der Waals surface area contributed by atoms with Gasteiger partial charge in [-0.2, -0.15) is 0 Å². The van der Waals surface area contributed by atoms with Gasteiger partial charge < -0.3 is 15.5 Å². The van der Waals surface area contributed by atoms with Gasteiger partial charge in [0.2, 0.25) is 5.91 Å². The van der Waals surface area contributed by atoms with E-state index in [1.807, 2.05) is 49.5 Å². The summed E-state index contributed by atoms with van der Waals surface area (Å²) in [5, 5.41) is 0.999. The molecule has 1 amide bonds. The van der Waals surface area contributed by atoms with Crippen LogP contribution in [-0.4, -0.2) is 23.0 Å². The van der Waals surface area contributed by atoms with E-state index in [2.05, 4.69) is 9.97 Å². The van der Waals surface area contributed by atoms with Gasteiger partial charge in [-0.05, 0) is 42.8 Å². The standard InChI is InChI=1S/C18H19N3O2/c1-18(11-17(19)22,16-5-3-4-7-21-16)12-9-14-13(6-8-20-14)15(10-12)23-2/h3-10,20H,11H2,1-2H3,(H2,19,22). The van der Waals surface area contributed by atoms with Crippen LogP contribution in [0, 0.1) is 0 Å². The minimum absolute atomic E-state index is 0.166. The zero-order valence-corrected chi connectivity index (χ0v) is 13.2. The van der Waals surface area contributed by atoms with Gasteiger partial charge in [0.15, 0.2) is 0 Å². The number of ether oxygens (including phenoxy) is 1. The molecule has 23 heavy (non-hydrogen) atoms. The number of fused-ring (bicyclic) bond motifs is 1. The molecule has 5 nitrogen and oxygen atoms in total. The van der Waals surface area contributed by atoms with Crippen LogP contribution in [0.4, 0.5) is 0 Å². The molecular weight excluding hydrogens is 290 g/mol. The van der Waals surface area contributed by atoms with Gasteiger partial charge in [-0.3, -0.25) is 9.78 Å². The average Bonchev–Trinajstić information content (AvgIpc) is 3.02. The summed E-state index contributed by atoms with van der Waals surface area (Å²) in [7, 11) is 1.64. The molecule has 5 heteroatoms. The van der Waals surface area contributed by atoms with Crippen molar-refractivity contribution >= 4 is 16.8 Å². The van der Waals surface area contributed by atoms with Gasteiger partial charge in [-0.15, -0.1) is 0 Å². The van der Waals surface area contributed by atoms with Crippen LogP contribution >= 0.6 is 0 Å². The number of carbonyl (C=O) groups excluding carboxylic acids is 1. The second-order valence-electron chi connectivity index (χ2n) is 5.81. The van der Waals surface area contributed by atoms with E-state index in [9.17, 15) is 4.79 Å². The van der Waals surface area contributed by atoms with E-state index >= 15 is 0 Å². The van der Waals surface area contributed by atoms with E-state index in [0.29, 0.717) is 0 Å². The highest BCUT2D eigenvalue weighted by molar-refractivity contribution is 5.87. The Labute approximate surface area is 134 Å². The normalized spacial score (nSPS) is 13.7. The summed E-state index contributed by atoms with van der Waals surface area (Å²) in [6.45, 7) is 1.98. The predicted molar refractivity (Wildman–Crippen MR) is 89.4 cm³/mol. The van der Waals surface area contributed by atoms with E-state index in [0.717, 1.165) is 27.9 Å². The lowest BCUT2D eigenvalue weighted by molar-refractivity contribution is -0.118. The number of aromatic nitrogens is 2. The van der Waals surface area contributed by atoms with E-state index in [4.69, 9.17) is 10.5 Å². The Morgan fingerprint density at radius 3 is 2.83 bits per heavy atom. The van der Waals surface area contributed by atoms with Gasteiger partial charge >= 0.3 is 0 Å². The van der Waals surface area contributed by atoms with Crippen LogP contribution in [0.25, 0.3) is 10.9 Å². The quantitative estimate of drug-likeness (QED) is 0.760. The highest BCUT2D eigenvalue weighted by Gasteiger charge is 2.33. The van der Waals surface area contributed by atoms with Crippen molar-refractivity contribution < 1.29 is 9.53 Å². The Hall–Kier alpha value is -2.82. The van der Waals surface area contributed by atoms with Crippen molar-refractivity contribution in [3.8, 4) is 5.75 Å². The number of carbonyl (C=O) groups is 1. The first-order chi connectivity index (χ1) is 11.0. The van der Waals surface area contributed by atoms with E-state index in [1.54, 1.807) is 13.3 Å². The van der Waals surface area contributed by atoms with Crippen molar-refractivity contribution in [3.63, 3.8) is 0 Å². The van der Waals surface area contributed by atoms with Gasteiger partial charge in [0.25, 0.3) is 0 Å². The number of benzene rings is 1. The number of nitrogens with zero attached hydrogens (tertiary/aromatic N) is 1. The van der Waals surface area contributed by atoms with Gasteiger partial charge in [-0.1, -0.05) is 6.07 Å². The van der Waals surface area contributed by atoms with Crippen LogP contribution in [0.2, 0.25) is 0 Å². The number of methoxy groups -OCH3 is 1.